The standard InChI is InChI=1S/C20H15ClN2O4/c21-16-8-10-19(11-9-16)27-13-14-4-6-15(7-5-14)20(24)22-17-2-1-3-18(12-17)23(25)26/h1-12H,13H2,(H,22,24). The molecule has 0 heterocycles. The van der Waals surface area contributed by atoms with Crippen LogP contribution in [0.15, 0.2) is 72.8 Å². The second-order valence-corrected chi connectivity index (χ2v) is 6.14. The molecule has 1 N–H and O–H groups in total. The number of nitro benzene ring substituents is 1. The number of halogens is 1. The summed E-state index contributed by atoms with van der Waals surface area (Å²) < 4.78 is 5.66. The molecule has 1 amide bonds. The number of rotatable bonds is 6. The van der Waals surface area contributed by atoms with Crippen LogP contribution in [0.25, 0.3) is 0 Å². The van der Waals surface area contributed by atoms with Crippen LogP contribution in [-0.4, -0.2) is 10.8 Å². The number of carbonyl (C=O) groups excluding carboxylic acids is 1. The third-order valence-electron chi connectivity index (χ3n) is 3.75. The van der Waals surface area contributed by atoms with E-state index < -0.39 is 4.92 Å². The number of carbonyl (C=O) groups is 1. The van der Waals surface area contributed by atoms with Crippen molar-refractivity contribution in [3.8, 4) is 5.75 Å². The zero-order valence-electron chi connectivity index (χ0n) is 14.1. The van der Waals surface area contributed by atoms with E-state index in [1.54, 1.807) is 54.6 Å². The van der Waals surface area contributed by atoms with Gasteiger partial charge in [0.1, 0.15) is 12.4 Å². The predicted molar refractivity (Wildman–Crippen MR) is 103 cm³/mol. The van der Waals surface area contributed by atoms with Crippen LogP contribution in [0.3, 0.4) is 0 Å². The molecule has 0 aliphatic heterocycles. The monoisotopic (exact) mass is 382 g/mol. The maximum absolute atomic E-state index is 12.3. The first-order chi connectivity index (χ1) is 13.0. The Morgan fingerprint density at radius 3 is 2.41 bits per heavy atom. The van der Waals surface area contributed by atoms with Gasteiger partial charge < -0.3 is 10.1 Å². The van der Waals surface area contributed by atoms with Gasteiger partial charge in [-0.2, -0.15) is 0 Å². The van der Waals surface area contributed by atoms with Crippen LogP contribution in [0.5, 0.6) is 5.75 Å². The first-order valence-corrected chi connectivity index (χ1v) is 8.42. The van der Waals surface area contributed by atoms with Crippen molar-refractivity contribution in [1.82, 2.24) is 0 Å². The molecular formula is C20H15ClN2O4. The molecule has 0 bridgehead atoms. The molecule has 0 atom stereocenters. The Morgan fingerprint density at radius 2 is 1.74 bits per heavy atom. The number of amides is 1. The second kappa shape index (κ2) is 8.33. The van der Waals surface area contributed by atoms with Crippen molar-refractivity contribution in [2.45, 2.75) is 6.61 Å². The first-order valence-electron chi connectivity index (χ1n) is 8.04. The van der Waals surface area contributed by atoms with Gasteiger partial charge in [-0.3, -0.25) is 14.9 Å². The van der Waals surface area contributed by atoms with Gasteiger partial charge in [-0.15, -0.1) is 0 Å². The SMILES string of the molecule is O=C(Nc1cccc([N+](=O)[O-])c1)c1ccc(COc2ccc(Cl)cc2)cc1. The van der Waals surface area contributed by atoms with E-state index in [1.807, 2.05) is 0 Å². The number of anilines is 1. The van der Waals surface area contributed by atoms with E-state index >= 15 is 0 Å². The van der Waals surface area contributed by atoms with E-state index in [0.29, 0.717) is 28.6 Å². The number of hydrogen-bond donors (Lipinski definition) is 1. The summed E-state index contributed by atoms with van der Waals surface area (Å²) in [6.45, 7) is 0.356. The lowest BCUT2D eigenvalue weighted by atomic mass is 10.1. The molecule has 0 spiro atoms. The van der Waals surface area contributed by atoms with Crippen LogP contribution in [0.2, 0.25) is 5.02 Å². The van der Waals surface area contributed by atoms with Gasteiger partial charge in [-0.05, 0) is 48.0 Å². The van der Waals surface area contributed by atoms with Crippen molar-refractivity contribution in [2.75, 3.05) is 5.32 Å². The minimum absolute atomic E-state index is 0.0810. The zero-order chi connectivity index (χ0) is 19.2. The number of nitrogens with one attached hydrogen (secondary N) is 1. The third kappa shape index (κ3) is 5.05. The van der Waals surface area contributed by atoms with Gasteiger partial charge in [0.2, 0.25) is 0 Å². The van der Waals surface area contributed by atoms with Crippen LogP contribution < -0.4 is 10.1 Å². The number of non-ortho nitro benzene ring substituents is 1. The van der Waals surface area contributed by atoms with Crippen LogP contribution in [-0.2, 0) is 6.61 Å². The molecule has 0 aromatic heterocycles. The molecule has 0 saturated carbocycles. The molecule has 0 aliphatic carbocycles. The van der Waals surface area contributed by atoms with Crippen LogP contribution in [0, 0.1) is 10.1 Å². The minimum atomic E-state index is -0.509. The lowest BCUT2D eigenvalue weighted by Gasteiger charge is -2.08. The fourth-order valence-corrected chi connectivity index (χ4v) is 2.48. The van der Waals surface area contributed by atoms with Crippen molar-refractivity contribution in [2.24, 2.45) is 0 Å². The highest BCUT2D eigenvalue weighted by atomic mass is 35.5. The molecular weight excluding hydrogens is 368 g/mol. The van der Waals surface area contributed by atoms with Gasteiger partial charge >= 0.3 is 0 Å². The number of ether oxygens (including phenoxy) is 1. The molecule has 0 saturated heterocycles. The van der Waals surface area contributed by atoms with Gasteiger partial charge in [0, 0.05) is 28.4 Å². The fourth-order valence-electron chi connectivity index (χ4n) is 2.35. The maximum Gasteiger partial charge on any atom is 0.271 e. The summed E-state index contributed by atoms with van der Waals surface area (Å²) in [7, 11) is 0. The molecule has 0 unspecified atom stereocenters. The summed E-state index contributed by atoms with van der Waals surface area (Å²) in [6.07, 6.45) is 0. The lowest BCUT2D eigenvalue weighted by Crippen LogP contribution is -2.12. The van der Waals surface area contributed by atoms with Crippen molar-refractivity contribution in [3.63, 3.8) is 0 Å². The Kier molecular flexibility index (Phi) is 5.68. The molecule has 3 aromatic rings. The quantitative estimate of drug-likeness (QED) is 0.476. The zero-order valence-corrected chi connectivity index (χ0v) is 14.8. The van der Waals surface area contributed by atoms with Crippen molar-refractivity contribution in [3.05, 3.63) is 99.1 Å². The molecule has 6 nitrogen and oxygen atoms in total. The molecule has 0 radical (unpaired) electrons. The average Bonchev–Trinajstić information content (AvgIpc) is 2.68. The fraction of sp³-hybridized carbons (Fsp3) is 0.0500. The number of nitrogens with zero attached hydrogens (tertiary/aromatic N) is 1. The van der Waals surface area contributed by atoms with Crippen molar-refractivity contribution < 1.29 is 14.5 Å². The summed E-state index contributed by atoms with van der Waals surface area (Å²) >= 11 is 5.83. The van der Waals surface area contributed by atoms with Crippen LogP contribution in [0.4, 0.5) is 11.4 Å². The second-order valence-electron chi connectivity index (χ2n) is 5.70. The third-order valence-corrected chi connectivity index (χ3v) is 4.00. The first kappa shape index (κ1) is 18.4. The van der Waals surface area contributed by atoms with Gasteiger partial charge in [-0.1, -0.05) is 29.8 Å². The molecule has 0 aliphatic rings. The summed E-state index contributed by atoms with van der Waals surface area (Å²) in [5.41, 5.74) is 1.63. The Hall–Kier alpha value is -3.38. The van der Waals surface area contributed by atoms with Gasteiger partial charge in [0.15, 0.2) is 0 Å². The Morgan fingerprint density at radius 1 is 1.04 bits per heavy atom. The normalized spacial score (nSPS) is 10.3. The van der Waals surface area contributed by atoms with E-state index in [9.17, 15) is 14.9 Å². The molecule has 3 rings (SSSR count). The van der Waals surface area contributed by atoms with Gasteiger partial charge in [0.25, 0.3) is 11.6 Å². The summed E-state index contributed by atoms with van der Waals surface area (Å²) in [6, 6.07) is 19.8. The Balaban J connectivity index is 1.60. The molecule has 3 aromatic carbocycles. The molecule has 0 fully saturated rings. The smallest absolute Gasteiger partial charge is 0.271 e. The topological polar surface area (TPSA) is 81.5 Å². The van der Waals surface area contributed by atoms with E-state index in [2.05, 4.69) is 5.32 Å². The van der Waals surface area contributed by atoms with E-state index in [4.69, 9.17) is 16.3 Å². The highest BCUT2D eigenvalue weighted by Gasteiger charge is 2.10. The minimum Gasteiger partial charge on any atom is -0.489 e. The summed E-state index contributed by atoms with van der Waals surface area (Å²) in [5.74, 6) is 0.354. The highest BCUT2D eigenvalue weighted by molar-refractivity contribution is 6.30. The van der Waals surface area contributed by atoms with E-state index in [1.165, 1.54) is 18.2 Å². The molecule has 136 valence electrons. The van der Waals surface area contributed by atoms with Crippen LogP contribution >= 0.6 is 11.6 Å². The predicted octanol–water partition coefficient (Wildman–Crippen LogP) is 5.08. The van der Waals surface area contributed by atoms with Gasteiger partial charge in [-0.25, -0.2) is 0 Å². The molecule has 27 heavy (non-hydrogen) atoms. The summed E-state index contributed by atoms with van der Waals surface area (Å²) in [4.78, 5) is 22.6. The van der Waals surface area contributed by atoms with Crippen molar-refractivity contribution >= 4 is 28.9 Å². The maximum atomic E-state index is 12.3. The number of benzene rings is 3. The number of nitro groups is 1. The van der Waals surface area contributed by atoms with E-state index in [0.717, 1.165) is 5.56 Å². The number of hydrogen-bond acceptors (Lipinski definition) is 4. The van der Waals surface area contributed by atoms with Crippen LogP contribution in [0.1, 0.15) is 15.9 Å². The average molecular weight is 383 g/mol. The summed E-state index contributed by atoms with van der Waals surface area (Å²) in [5, 5.41) is 14.1. The largest absolute Gasteiger partial charge is 0.489 e. The molecule has 7 heteroatoms. The van der Waals surface area contributed by atoms with E-state index in [-0.39, 0.29) is 11.6 Å². The highest BCUT2D eigenvalue weighted by Crippen LogP contribution is 2.19. The lowest BCUT2D eigenvalue weighted by molar-refractivity contribution is -0.384. The van der Waals surface area contributed by atoms with Crippen molar-refractivity contribution in [1.29, 1.82) is 0 Å². The van der Waals surface area contributed by atoms with Gasteiger partial charge in [0.05, 0.1) is 4.92 Å². The Bertz CT molecular complexity index is 956. The Labute approximate surface area is 160 Å².